The first-order valence-electron chi connectivity index (χ1n) is 3.66. The molecule has 0 aliphatic carbocycles. The molecule has 1 heterocycles. The maximum absolute atomic E-state index is 3.52. The van der Waals surface area contributed by atoms with E-state index in [9.17, 15) is 0 Å². The molecule has 1 rings (SSSR count). The molecule has 1 N–H and O–H groups in total. The van der Waals surface area contributed by atoms with Crippen molar-refractivity contribution in [1.29, 1.82) is 0 Å². The molecular weight excluding hydrogens is 126 g/mol. The summed E-state index contributed by atoms with van der Waals surface area (Å²) in [7, 11) is 1.32. The van der Waals surface area contributed by atoms with Gasteiger partial charge in [-0.1, -0.05) is 6.92 Å². The molecule has 0 aromatic heterocycles. The van der Waals surface area contributed by atoms with E-state index < -0.39 is 0 Å². The third kappa shape index (κ3) is 1.80. The second-order valence-corrected chi connectivity index (χ2v) is 6.99. The lowest BCUT2D eigenvalue weighted by atomic mass is 9.98. The van der Waals surface area contributed by atoms with Crippen molar-refractivity contribution in [2.45, 2.75) is 37.8 Å². The van der Waals surface area contributed by atoms with E-state index in [1.165, 1.54) is 23.2 Å². The maximum Gasteiger partial charge on any atom is 0.0127 e. The quantitative estimate of drug-likeness (QED) is 0.481. The smallest absolute Gasteiger partial charge is 0.0127 e. The van der Waals surface area contributed by atoms with Crippen LogP contribution in [0.2, 0.25) is 5.04 Å². The molecule has 2 heteroatoms. The molecular formula is C7H17NSi. The molecule has 0 spiro atoms. The fraction of sp³-hybridized carbons (Fsp3) is 1.00. The topological polar surface area (TPSA) is 12.0 Å². The Balaban J connectivity index is 2.58. The molecule has 0 saturated carbocycles. The van der Waals surface area contributed by atoms with Crippen molar-refractivity contribution in [2.75, 3.05) is 6.54 Å². The average Bonchev–Trinajstić information content (AvgIpc) is 1.78. The lowest BCUT2D eigenvalue weighted by Crippen LogP contribution is -2.31. The molecule has 1 fully saturated rings. The summed E-state index contributed by atoms with van der Waals surface area (Å²) in [6.45, 7) is 8.18. The van der Waals surface area contributed by atoms with Crippen LogP contribution in [0.5, 0.6) is 0 Å². The van der Waals surface area contributed by atoms with Crippen LogP contribution in [0, 0.1) is 0 Å². The highest BCUT2D eigenvalue weighted by Gasteiger charge is 2.35. The Bertz CT molecular complexity index is 104. The minimum absolute atomic E-state index is 0.413. The Morgan fingerprint density at radius 3 is 2.00 bits per heavy atom. The third-order valence-corrected chi connectivity index (χ3v) is 2.67. The van der Waals surface area contributed by atoms with Gasteiger partial charge in [0.05, 0.1) is 0 Å². The zero-order chi connectivity index (χ0) is 7.12. The van der Waals surface area contributed by atoms with Gasteiger partial charge in [-0.2, -0.15) is 0 Å². The summed E-state index contributed by atoms with van der Waals surface area (Å²) < 4.78 is 0. The summed E-state index contributed by atoms with van der Waals surface area (Å²) in [5, 5.41) is 4.18. The van der Waals surface area contributed by atoms with Gasteiger partial charge in [0.1, 0.15) is 0 Å². The fourth-order valence-electron chi connectivity index (χ4n) is 1.80. The molecule has 0 radical (unpaired) electrons. The molecule has 1 saturated heterocycles. The Kier molecular flexibility index (Phi) is 1.48. The van der Waals surface area contributed by atoms with Crippen LogP contribution in [-0.2, 0) is 0 Å². The van der Waals surface area contributed by atoms with Gasteiger partial charge in [-0.3, -0.25) is 0 Å². The maximum atomic E-state index is 3.52. The summed E-state index contributed by atoms with van der Waals surface area (Å²) in [6.07, 6.45) is 1.35. The number of hydrogen-bond acceptors (Lipinski definition) is 1. The second-order valence-electron chi connectivity index (χ2n) is 4.58. The fourth-order valence-corrected chi connectivity index (χ4v) is 2.86. The second kappa shape index (κ2) is 1.83. The van der Waals surface area contributed by atoms with Crippen molar-refractivity contribution < 1.29 is 0 Å². The van der Waals surface area contributed by atoms with E-state index in [0.29, 0.717) is 10.6 Å². The summed E-state index contributed by atoms with van der Waals surface area (Å²) in [4.78, 5) is 0. The highest BCUT2D eigenvalue weighted by molar-refractivity contribution is 6.15. The Morgan fingerprint density at radius 2 is 1.89 bits per heavy atom. The Labute approximate surface area is 60.6 Å². The van der Waals surface area contributed by atoms with E-state index in [2.05, 4.69) is 26.1 Å². The van der Waals surface area contributed by atoms with E-state index in [1.54, 1.807) is 0 Å². The first-order chi connectivity index (χ1) is 3.91. The number of hydrogen-bond donors (Lipinski definition) is 1. The summed E-state index contributed by atoms with van der Waals surface area (Å²) >= 11 is 0. The molecule has 0 unspecified atom stereocenters. The van der Waals surface area contributed by atoms with Crippen LogP contribution in [0.15, 0.2) is 0 Å². The van der Waals surface area contributed by atoms with Gasteiger partial charge >= 0.3 is 0 Å². The van der Waals surface area contributed by atoms with Gasteiger partial charge < -0.3 is 5.32 Å². The van der Waals surface area contributed by atoms with Gasteiger partial charge in [0.25, 0.3) is 0 Å². The predicted molar refractivity (Wildman–Crippen MR) is 45.0 cm³/mol. The molecule has 0 bridgehead atoms. The van der Waals surface area contributed by atoms with Crippen molar-refractivity contribution in [2.24, 2.45) is 0 Å². The number of nitrogens with one attached hydrogen (secondary N) is 1. The lowest BCUT2D eigenvalue weighted by molar-refractivity contribution is 0.451. The van der Waals surface area contributed by atoms with Gasteiger partial charge in [0, 0.05) is 15.8 Å². The SMILES string of the molecule is CC1(C)C[C@@](C)([SiH3])CN1. The molecule has 0 amide bonds. The van der Waals surface area contributed by atoms with Crippen LogP contribution in [0.4, 0.5) is 0 Å². The largest absolute Gasteiger partial charge is 0.312 e. The van der Waals surface area contributed by atoms with E-state index in [4.69, 9.17) is 0 Å². The number of rotatable bonds is 0. The van der Waals surface area contributed by atoms with E-state index in [1.807, 2.05) is 0 Å². The van der Waals surface area contributed by atoms with E-state index in [-0.39, 0.29) is 0 Å². The highest BCUT2D eigenvalue weighted by atomic mass is 28.1. The van der Waals surface area contributed by atoms with Crippen molar-refractivity contribution >= 4 is 10.2 Å². The van der Waals surface area contributed by atoms with Gasteiger partial charge in [-0.15, -0.1) is 0 Å². The molecule has 9 heavy (non-hydrogen) atoms. The summed E-state index contributed by atoms with van der Waals surface area (Å²) in [5.41, 5.74) is 0.413. The van der Waals surface area contributed by atoms with Crippen molar-refractivity contribution in [3.63, 3.8) is 0 Å². The normalized spacial score (nSPS) is 41.7. The van der Waals surface area contributed by atoms with Crippen LogP contribution in [0.25, 0.3) is 0 Å². The summed E-state index contributed by atoms with van der Waals surface area (Å²) in [6, 6.07) is 0. The Morgan fingerprint density at radius 1 is 1.33 bits per heavy atom. The standard InChI is InChI=1S/C7H17NSi/c1-6(2)4-7(3,9)5-8-6/h8H,4-5H2,1-3,9H3/t7-/m1/s1. The van der Waals surface area contributed by atoms with Crippen LogP contribution < -0.4 is 5.32 Å². The molecule has 0 aromatic carbocycles. The van der Waals surface area contributed by atoms with E-state index >= 15 is 0 Å². The molecule has 0 aromatic rings. The lowest BCUT2D eigenvalue weighted by Gasteiger charge is -2.19. The zero-order valence-corrected chi connectivity index (χ0v) is 8.91. The van der Waals surface area contributed by atoms with Crippen molar-refractivity contribution in [1.82, 2.24) is 5.32 Å². The molecule has 1 atom stereocenters. The van der Waals surface area contributed by atoms with Crippen LogP contribution in [-0.4, -0.2) is 22.3 Å². The zero-order valence-electron chi connectivity index (χ0n) is 6.91. The summed E-state index contributed by atoms with van der Waals surface area (Å²) in [5.74, 6) is 0. The van der Waals surface area contributed by atoms with Crippen LogP contribution in [0.3, 0.4) is 0 Å². The van der Waals surface area contributed by atoms with Crippen molar-refractivity contribution in [3.8, 4) is 0 Å². The molecule has 1 nitrogen and oxygen atoms in total. The molecule has 1 aliphatic rings. The highest BCUT2D eigenvalue weighted by Crippen LogP contribution is 2.36. The molecule has 1 aliphatic heterocycles. The third-order valence-electron chi connectivity index (χ3n) is 1.97. The van der Waals surface area contributed by atoms with Crippen LogP contribution in [0.1, 0.15) is 27.2 Å². The average molecular weight is 143 g/mol. The first kappa shape index (κ1) is 7.29. The van der Waals surface area contributed by atoms with Crippen LogP contribution >= 0.6 is 0 Å². The Hall–Kier alpha value is 0.177. The van der Waals surface area contributed by atoms with Gasteiger partial charge in [0.2, 0.25) is 0 Å². The van der Waals surface area contributed by atoms with Gasteiger partial charge in [-0.05, 0) is 31.9 Å². The van der Waals surface area contributed by atoms with E-state index in [0.717, 1.165) is 0 Å². The minimum Gasteiger partial charge on any atom is -0.312 e. The van der Waals surface area contributed by atoms with Gasteiger partial charge in [-0.25, -0.2) is 0 Å². The van der Waals surface area contributed by atoms with Crippen molar-refractivity contribution in [3.05, 3.63) is 0 Å². The van der Waals surface area contributed by atoms with Gasteiger partial charge in [0.15, 0.2) is 0 Å². The first-order valence-corrected chi connectivity index (χ1v) is 4.66. The monoisotopic (exact) mass is 143 g/mol. The predicted octanol–water partition coefficient (Wildman–Crippen LogP) is 0.302. The molecule has 54 valence electrons. The minimum atomic E-state index is 0.413.